The molecule has 0 fully saturated rings. The minimum atomic E-state index is -3.39. The van der Waals surface area contributed by atoms with Crippen molar-refractivity contribution in [3.8, 4) is 0 Å². The molecule has 0 radical (unpaired) electrons. The van der Waals surface area contributed by atoms with Gasteiger partial charge in [0.05, 0.1) is 22.6 Å². The van der Waals surface area contributed by atoms with E-state index in [0.717, 1.165) is 36.0 Å². The van der Waals surface area contributed by atoms with Gasteiger partial charge in [-0.15, -0.1) is 11.3 Å². The fraction of sp³-hybridized carbons (Fsp3) is 0.435. The lowest BCUT2D eigenvalue weighted by atomic mass is 9.88. The predicted octanol–water partition coefficient (Wildman–Crippen LogP) is 3.64. The number of sulfone groups is 1. The molecule has 8 nitrogen and oxygen atoms in total. The van der Waals surface area contributed by atoms with Crippen molar-refractivity contribution in [1.82, 2.24) is 0 Å². The van der Waals surface area contributed by atoms with Crippen LogP contribution in [0.1, 0.15) is 58.3 Å². The molecule has 2 unspecified atom stereocenters. The van der Waals surface area contributed by atoms with Crippen molar-refractivity contribution >= 4 is 44.0 Å². The molecule has 1 aliphatic carbocycles. The molecule has 1 heterocycles. The average molecular weight is 494 g/mol. The molecule has 1 aliphatic rings. The Labute approximate surface area is 197 Å². The third kappa shape index (κ3) is 5.80. The lowest BCUT2D eigenvalue weighted by Crippen LogP contribution is -2.30. The maximum absolute atomic E-state index is 12.8. The first kappa shape index (κ1) is 24.9. The number of fused-ring (bicyclic) bond motifs is 1. The second kappa shape index (κ2) is 10.0. The Hall–Kier alpha value is -2.72. The molecular formula is C23H27NO7S2. The molecule has 10 heteroatoms. The van der Waals surface area contributed by atoms with Gasteiger partial charge in [-0.1, -0.05) is 6.92 Å². The van der Waals surface area contributed by atoms with Gasteiger partial charge in [0.2, 0.25) is 0 Å². The Bertz CT molecular complexity index is 1170. The Kier molecular flexibility index (Phi) is 7.58. The summed E-state index contributed by atoms with van der Waals surface area (Å²) >= 11 is 1.35. The van der Waals surface area contributed by atoms with Gasteiger partial charge in [-0.05, 0) is 68.9 Å². The number of esters is 2. The van der Waals surface area contributed by atoms with E-state index >= 15 is 0 Å². The number of hydrogen-bond acceptors (Lipinski definition) is 8. The highest BCUT2D eigenvalue weighted by molar-refractivity contribution is 7.90. The van der Waals surface area contributed by atoms with Crippen LogP contribution in [0.25, 0.3) is 0 Å². The third-order valence-electron chi connectivity index (χ3n) is 5.40. The number of amides is 1. The van der Waals surface area contributed by atoms with Crippen molar-refractivity contribution in [1.29, 1.82) is 0 Å². The van der Waals surface area contributed by atoms with E-state index in [2.05, 4.69) is 12.2 Å². The maximum atomic E-state index is 12.8. The van der Waals surface area contributed by atoms with Gasteiger partial charge in [-0.25, -0.2) is 18.0 Å². The molecule has 0 saturated heterocycles. The van der Waals surface area contributed by atoms with Gasteiger partial charge in [0, 0.05) is 11.1 Å². The summed E-state index contributed by atoms with van der Waals surface area (Å²) in [5.74, 6) is -1.32. The van der Waals surface area contributed by atoms with Crippen LogP contribution in [0.5, 0.6) is 0 Å². The molecule has 2 atom stereocenters. The lowest BCUT2D eigenvalue weighted by Gasteiger charge is -2.18. The van der Waals surface area contributed by atoms with Crippen LogP contribution in [0.2, 0.25) is 0 Å². The minimum Gasteiger partial charge on any atom is -0.462 e. The topological polar surface area (TPSA) is 116 Å². The number of nitrogens with one attached hydrogen (secondary N) is 1. The van der Waals surface area contributed by atoms with Crippen LogP contribution in [0, 0.1) is 5.92 Å². The summed E-state index contributed by atoms with van der Waals surface area (Å²) in [6.45, 7) is 5.52. The van der Waals surface area contributed by atoms with E-state index in [1.165, 1.54) is 42.5 Å². The molecule has 2 aromatic rings. The van der Waals surface area contributed by atoms with Crippen LogP contribution in [0.3, 0.4) is 0 Å². The molecule has 33 heavy (non-hydrogen) atoms. The SMILES string of the molecule is CCOC(=O)c1c(NC(=O)C(C)OC(=O)c2ccc(S(C)(=O)=O)cc2)sc2c1CCC(C)C2. The van der Waals surface area contributed by atoms with Gasteiger partial charge in [-0.3, -0.25) is 4.79 Å². The van der Waals surface area contributed by atoms with Gasteiger partial charge < -0.3 is 14.8 Å². The number of carbonyl (C=O) groups is 3. The first-order valence-corrected chi connectivity index (χ1v) is 13.4. The summed E-state index contributed by atoms with van der Waals surface area (Å²) in [6.07, 6.45) is 2.46. The highest BCUT2D eigenvalue weighted by Crippen LogP contribution is 2.40. The van der Waals surface area contributed by atoms with Gasteiger partial charge in [-0.2, -0.15) is 0 Å². The highest BCUT2D eigenvalue weighted by Gasteiger charge is 2.30. The number of ether oxygens (including phenoxy) is 2. The van der Waals surface area contributed by atoms with Crippen LogP contribution in [0.15, 0.2) is 29.2 Å². The number of anilines is 1. The van der Waals surface area contributed by atoms with Crippen molar-refractivity contribution in [3.05, 3.63) is 45.8 Å². The van der Waals surface area contributed by atoms with Crippen molar-refractivity contribution in [2.24, 2.45) is 5.92 Å². The van der Waals surface area contributed by atoms with Crippen molar-refractivity contribution in [2.45, 2.75) is 51.0 Å². The molecule has 1 amide bonds. The average Bonchev–Trinajstić information content (AvgIpc) is 3.10. The summed E-state index contributed by atoms with van der Waals surface area (Å²) in [5, 5.41) is 3.13. The van der Waals surface area contributed by atoms with Gasteiger partial charge in [0.1, 0.15) is 5.00 Å². The molecular weight excluding hydrogens is 466 g/mol. The molecule has 0 aliphatic heterocycles. The summed E-state index contributed by atoms with van der Waals surface area (Å²) < 4.78 is 33.6. The largest absolute Gasteiger partial charge is 0.462 e. The normalized spacial score (nSPS) is 16.4. The van der Waals surface area contributed by atoms with Crippen LogP contribution in [-0.4, -0.2) is 45.2 Å². The zero-order valence-electron chi connectivity index (χ0n) is 19.0. The van der Waals surface area contributed by atoms with Gasteiger partial charge in [0.25, 0.3) is 5.91 Å². The van der Waals surface area contributed by atoms with E-state index in [0.29, 0.717) is 16.5 Å². The van der Waals surface area contributed by atoms with E-state index in [9.17, 15) is 22.8 Å². The van der Waals surface area contributed by atoms with Crippen LogP contribution in [0.4, 0.5) is 5.00 Å². The molecule has 3 rings (SSSR count). The van der Waals surface area contributed by atoms with Gasteiger partial charge in [0.15, 0.2) is 15.9 Å². The summed E-state index contributed by atoms with van der Waals surface area (Å²) in [7, 11) is -3.39. The lowest BCUT2D eigenvalue weighted by molar-refractivity contribution is -0.123. The molecule has 178 valence electrons. The second-order valence-electron chi connectivity index (χ2n) is 8.11. The first-order chi connectivity index (χ1) is 15.5. The summed E-state index contributed by atoms with van der Waals surface area (Å²) in [4.78, 5) is 38.9. The fourth-order valence-corrected chi connectivity index (χ4v) is 5.62. The monoisotopic (exact) mass is 493 g/mol. The standard InChI is InChI=1S/C23H27NO7S2/c1-5-30-23(27)19-17-11-6-13(2)12-18(17)32-21(19)24-20(25)14(3)31-22(26)15-7-9-16(10-8-15)33(4,28)29/h7-10,13-14H,5-6,11-12H2,1-4H3,(H,24,25). The highest BCUT2D eigenvalue weighted by atomic mass is 32.2. The Morgan fingerprint density at radius 2 is 1.85 bits per heavy atom. The number of carbonyl (C=O) groups excluding carboxylic acids is 3. The van der Waals surface area contributed by atoms with Crippen molar-refractivity contribution in [3.63, 3.8) is 0 Å². The van der Waals surface area contributed by atoms with E-state index in [4.69, 9.17) is 9.47 Å². The van der Waals surface area contributed by atoms with Crippen LogP contribution >= 0.6 is 11.3 Å². The number of thiophene rings is 1. The fourth-order valence-electron chi connectivity index (χ4n) is 3.59. The van der Waals surface area contributed by atoms with Crippen molar-refractivity contribution in [2.75, 3.05) is 18.2 Å². The Morgan fingerprint density at radius 1 is 1.18 bits per heavy atom. The van der Waals surface area contributed by atoms with Crippen molar-refractivity contribution < 1.29 is 32.3 Å². The van der Waals surface area contributed by atoms with E-state index in [1.807, 2.05) is 0 Å². The van der Waals surface area contributed by atoms with E-state index in [1.54, 1.807) is 6.92 Å². The molecule has 0 bridgehead atoms. The third-order valence-corrected chi connectivity index (χ3v) is 7.70. The van der Waals surface area contributed by atoms with Crippen LogP contribution < -0.4 is 5.32 Å². The van der Waals surface area contributed by atoms with E-state index in [-0.39, 0.29) is 17.1 Å². The zero-order valence-corrected chi connectivity index (χ0v) is 20.6. The number of hydrogen-bond donors (Lipinski definition) is 1. The Morgan fingerprint density at radius 3 is 2.45 bits per heavy atom. The molecule has 0 spiro atoms. The predicted molar refractivity (Wildman–Crippen MR) is 125 cm³/mol. The quantitative estimate of drug-likeness (QED) is 0.586. The van der Waals surface area contributed by atoms with Gasteiger partial charge >= 0.3 is 11.9 Å². The maximum Gasteiger partial charge on any atom is 0.341 e. The second-order valence-corrected chi connectivity index (χ2v) is 11.2. The number of rotatable bonds is 7. The molecule has 1 N–H and O–H groups in total. The van der Waals surface area contributed by atoms with E-state index < -0.39 is 33.8 Å². The van der Waals surface area contributed by atoms with Crippen LogP contribution in [-0.2, 0) is 36.9 Å². The molecule has 1 aromatic heterocycles. The zero-order chi connectivity index (χ0) is 24.3. The Balaban J connectivity index is 1.74. The summed E-state index contributed by atoms with van der Waals surface area (Å²) in [6, 6.07) is 5.27. The number of benzene rings is 1. The minimum absolute atomic E-state index is 0.0762. The summed E-state index contributed by atoms with van der Waals surface area (Å²) in [5.41, 5.74) is 1.42. The molecule has 0 saturated carbocycles. The molecule has 1 aromatic carbocycles. The first-order valence-electron chi connectivity index (χ1n) is 10.6. The smallest absolute Gasteiger partial charge is 0.341 e.